The highest BCUT2D eigenvalue weighted by molar-refractivity contribution is 6.31. The van der Waals surface area contributed by atoms with Gasteiger partial charge >= 0.3 is 6.03 Å². The number of hydrogen-bond acceptors (Lipinski definition) is 5. The number of carbonyl (C=O) groups is 4. The number of nitrogens with zero attached hydrogens (tertiary/aromatic N) is 2. The number of methoxy groups -OCH3 is 1. The molecule has 0 spiro atoms. The smallest absolute Gasteiger partial charge is 0.331 e. The normalized spacial score (nSPS) is 15.7. The van der Waals surface area contributed by atoms with Crippen LogP contribution in [0.15, 0.2) is 36.0 Å². The van der Waals surface area contributed by atoms with Gasteiger partial charge in [0.05, 0.1) is 0 Å². The fraction of sp³-hybridized carbons (Fsp3) is 0.333. The lowest BCUT2D eigenvalue weighted by Gasteiger charge is -2.24. The van der Waals surface area contributed by atoms with E-state index in [0.717, 1.165) is 22.2 Å². The molecule has 9 heteroatoms. The summed E-state index contributed by atoms with van der Waals surface area (Å²) in [6.07, 6.45) is 3.90. The van der Waals surface area contributed by atoms with Crippen LogP contribution in [-0.4, -0.2) is 60.0 Å². The van der Waals surface area contributed by atoms with Crippen molar-refractivity contribution in [1.29, 1.82) is 0 Å². The minimum atomic E-state index is -0.734. The summed E-state index contributed by atoms with van der Waals surface area (Å²) in [5.74, 6) is -1.53. The highest BCUT2D eigenvalue weighted by Crippen LogP contribution is 2.25. The van der Waals surface area contributed by atoms with E-state index in [2.05, 4.69) is 10.6 Å². The van der Waals surface area contributed by atoms with Crippen molar-refractivity contribution >= 4 is 40.7 Å². The Labute approximate surface area is 173 Å². The predicted octanol–water partition coefficient (Wildman–Crippen LogP) is 1.28. The fourth-order valence-electron chi connectivity index (χ4n) is 3.31. The first-order chi connectivity index (χ1) is 14.5. The van der Waals surface area contributed by atoms with Gasteiger partial charge in [0.25, 0.3) is 11.8 Å². The van der Waals surface area contributed by atoms with E-state index in [1.165, 1.54) is 6.08 Å². The van der Waals surface area contributed by atoms with Crippen LogP contribution in [-0.2, 0) is 25.7 Å². The van der Waals surface area contributed by atoms with Gasteiger partial charge in [-0.1, -0.05) is 18.2 Å². The van der Waals surface area contributed by atoms with Gasteiger partial charge in [0, 0.05) is 49.5 Å². The maximum absolute atomic E-state index is 12.6. The molecule has 1 aliphatic heterocycles. The number of imide groups is 2. The quantitative estimate of drug-likeness (QED) is 0.386. The van der Waals surface area contributed by atoms with Gasteiger partial charge < -0.3 is 14.6 Å². The van der Waals surface area contributed by atoms with Crippen LogP contribution in [0.1, 0.15) is 18.9 Å². The molecule has 158 valence electrons. The summed E-state index contributed by atoms with van der Waals surface area (Å²) < 4.78 is 6.73. The van der Waals surface area contributed by atoms with E-state index in [-0.39, 0.29) is 24.6 Å². The van der Waals surface area contributed by atoms with Crippen LogP contribution in [0.3, 0.4) is 0 Å². The van der Waals surface area contributed by atoms with Gasteiger partial charge in [-0.3, -0.25) is 24.6 Å². The first-order valence-corrected chi connectivity index (χ1v) is 9.68. The molecular formula is C21H24N4O5. The molecule has 0 unspecified atom stereocenters. The van der Waals surface area contributed by atoms with Gasteiger partial charge in [-0.2, -0.15) is 0 Å². The Balaban J connectivity index is 1.89. The number of carbonyl (C=O) groups excluding carboxylic acids is 4. The third-order valence-electron chi connectivity index (χ3n) is 4.78. The van der Waals surface area contributed by atoms with Crippen molar-refractivity contribution in [1.82, 2.24) is 20.1 Å². The minimum absolute atomic E-state index is 0.0936. The van der Waals surface area contributed by atoms with Gasteiger partial charge in [-0.25, -0.2) is 4.79 Å². The van der Waals surface area contributed by atoms with Crippen molar-refractivity contribution in [3.8, 4) is 0 Å². The Morgan fingerprint density at radius 2 is 2.00 bits per heavy atom. The number of aromatic nitrogens is 1. The van der Waals surface area contributed by atoms with Crippen LogP contribution < -0.4 is 10.6 Å². The number of hydrogen-bond donors (Lipinski definition) is 2. The third-order valence-corrected chi connectivity index (χ3v) is 4.78. The largest absolute Gasteiger partial charge is 0.385 e. The monoisotopic (exact) mass is 412 g/mol. The van der Waals surface area contributed by atoms with Crippen molar-refractivity contribution in [2.45, 2.75) is 19.9 Å². The molecule has 0 radical (unpaired) electrons. The van der Waals surface area contributed by atoms with Gasteiger partial charge in [0.2, 0.25) is 5.91 Å². The zero-order chi connectivity index (χ0) is 21.7. The van der Waals surface area contributed by atoms with E-state index in [0.29, 0.717) is 18.7 Å². The summed E-state index contributed by atoms with van der Waals surface area (Å²) in [4.78, 5) is 49.9. The number of para-hydroxylation sites is 1. The molecule has 1 aromatic carbocycles. The summed E-state index contributed by atoms with van der Waals surface area (Å²) >= 11 is 0. The van der Waals surface area contributed by atoms with Crippen molar-refractivity contribution in [2.75, 3.05) is 26.8 Å². The van der Waals surface area contributed by atoms with Gasteiger partial charge in [0.15, 0.2) is 0 Å². The lowest BCUT2D eigenvalue weighted by molar-refractivity contribution is -0.130. The number of ether oxygens (including phenoxy) is 1. The average molecular weight is 412 g/mol. The first-order valence-electron chi connectivity index (χ1n) is 9.68. The second-order valence-electron chi connectivity index (χ2n) is 6.79. The Hall–Kier alpha value is -3.46. The standard InChI is InChI=1S/C21H24N4O5/c1-3-25-20(28)16(19(27)23-21(25)29)11-14-12-24(17-8-5-4-7-15(14)17)13-18(26)22-9-6-10-30-2/h4-5,7-8,11-12H,3,6,9-10,13H2,1-2H3,(H,22,26)(H,23,27,29)/b16-11+. The van der Waals surface area contributed by atoms with Crippen LogP contribution in [0.4, 0.5) is 4.79 Å². The molecule has 1 fully saturated rings. The molecular weight excluding hydrogens is 388 g/mol. The summed E-state index contributed by atoms with van der Waals surface area (Å²) in [6.45, 7) is 2.98. The van der Waals surface area contributed by atoms with E-state index < -0.39 is 17.8 Å². The fourth-order valence-corrected chi connectivity index (χ4v) is 3.31. The summed E-state index contributed by atoms with van der Waals surface area (Å²) in [5, 5.41) is 5.81. The van der Waals surface area contributed by atoms with E-state index >= 15 is 0 Å². The second-order valence-corrected chi connectivity index (χ2v) is 6.79. The molecule has 0 saturated carbocycles. The zero-order valence-corrected chi connectivity index (χ0v) is 16.9. The lowest BCUT2D eigenvalue weighted by atomic mass is 10.1. The average Bonchev–Trinajstić information content (AvgIpc) is 3.06. The topological polar surface area (TPSA) is 110 Å². The number of urea groups is 1. The number of likely N-dealkylation sites (N-methyl/N-ethyl adjacent to an activating group) is 1. The molecule has 2 N–H and O–H groups in total. The molecule has 1 saturated heterocycles. The molecule has 5 amide bonds. The predicted molar refractivity (Wildman–Crippen MR) is 110 cm³/mol. The van der Waals surface area contributed by atoms with E-state index in [9.17, 15) is 19.2 Å². The van der Waals surface area contributed by atoms with Gasteiger partial charge in [-0.05, 0) is 25.5 Å². The zero-order valence-electron chi connectivity index (χ0n) is 16.9. The maximum atomic E-state index is 12.6. The molecule has 3 rings (SSSR count). The molecule has 2 aromatic rings. The number of fused-ring (bicyclic) bond motifs is 1. The van der Waals surface area contributed by atoms with E-state index in [4.69, 9.17) is 4.74 Å². The SMILES string of the molecule is CCN1C(=O)NC(=O)/C(=C\c2cn(CC(=O)NCCCOC)c3ccccc23)C1=O. The third kappa shape index (κ3) is 4.41. The van der Waals surface area contributed by atoms with Gasteiger partial charge in [0.1, 0.15) is 12.1 Å². The van der Waals surface area contributed by atoms with E-state index in [1.807, 2.05) is 24.3 Å². The van der Waals surface area contributed by atoms with Crippen LogP contribution in [0, 0.1) is 0 Å². The summed E-state index contributed by atoms with van der Waals surface area (Å²) in [6, 6.07) is 6.67. The molecule has 30 heavy (non-hydrogen) atoms. The van der Waals surface area contributed by atoms with Crippen LogP contribution in [0.25, 0.3) is 17.0 Å². The number of benzene rings is 1. The molecule has 0 bridgehead atoms. The Kier molecular flexibility index (Phi) is 6.63. The van der Waals surface area contributed by atoms with Crippen LogP contribution in [0.2, 0.25) is 0 Å². The van der Waals surface area contributed by atoms with Crippen LogP contribution >= 0.6 is 0 Å². The summed E-state index contributed by atoms with van der Waals surface area (Å²) in [5.41, 5.74) is 1.29. The van der Waals surface area contributed by atoms with Crippen molar-refractivity contribution in [3.63, 3.8) is 0 Å². The Morgan fingerprint density at radius 1 is 1.23 bits per heavy atom. The number of amides is 5. The lowest BCUT2D eigenvalue weighted by Crippen LogP contribution is -2.53. The van der Waals surface area contributed by atoms with Crippen molar-refractivity contribution < 1.29 is 23.9 Å². The maximum Gasteiger partial charge on any atom is 0.331 e. The van der Waals surface area contributed by atoms with Gasteiger partial charge in [-0.15, -0.1) is 0 Å². The molecule has 1 aromatic heterocycles. The van der Waals surface area contributed by atoms with Crippen molar-refractivity contribution in [3.05, 3.63) is 41.6 Å². The first kappa shape index (κ1) is 21.3. The van der Waals surface area contributed by atoms with E-state index in [1.54, 1.807) is 24.8 Å². The molecule has 2 heterocycles. The number of barbiturate groups is 1. The number of rotatable bonds is 8. The van der Waals surface area contributed by atoms with Crippen LogP contribution in [0.5, 0.6) is 0 Å². The molecule has 1 aliphatic rings. The highest BCUT2D eigenvalue weighted by Gasteiger charge is 2.34. The molecule has 9 nitrogen and oxygen atoms in total. The second kappa shape index (κ2) is 9.36. The number of nitrogens with one attached hydrogen (secondary N) is 2. The van der Waals surface area contributed by atoms with Crippen molar-refractivity contribution in [2.24, 2.45) is 0 Å². The Morgan fingerprint density at radius 3 is 2.73 bits per heavy atom. The molecule has 0 aliphatic carbocycles. The summed E-state index contributed by atoms with van der Waals surface area (Å²) in [7, 11) is 1.61. The highest BCUT2D eigenvalue weighted by atomic mass is 16.5. The Bertz CT molecular complexity index is 1020. The molecule has 0 atom stereocenters. The minimum Gasteiger partial charge on any atom is -0.385 e.